The molecule has 1 amide bonds. The van der Waals surface area contributed by atoms with Gasteiger partial charge in [-0.1, -0.05) is 17.8 Å². The number of H-pyrrole nitrogens is 1. The Morgan fingerprint density at radius 3 is 2.65 bits per heavy atom. The smallest absolute Gasteiger partial charge is 0.262 e. The molecule has 0 bridgehead atoms. The summed E-state index contributed by atoms with van der Waals surface area (Å²) in [6.07, 6.45) is 1.47. The van der Waals surface area contributed by atoms with Crippen LogP contribution < -0.4 is 20.3 Å². The number of hydrogen-bond acceptors (Lipinski definition) is 7. The highest BCUT2D eigenvalue weighted by atomic mass is 32.2. The second-order valence-electron chi connectivity index (χ2n) is 6.43. The van der Waals surface area contributed by atoms with Crippen molar-refractivity contribution in [3.8, 4) is 17.2 Å². The van der Waals surface area contributed by atoms with E-state index >= 15 is 0 Å². The fourth-order valence-corrected chi connectivity index (χ4v) is 3.57. The van der Waals surface area contributed by atoms with Gasteiger partial charge < -0.3 is 19.8 Å². The van der Waals surface area contributed by atoms with Crippen LogP contribution in [0.25, 0.3) is 16.7 Å². The minimum atomic E-state index is -0.319. The summed E-state index contributed by atoms with van der Waals surface area (Å²) in [6.45, 7) is 0. The first kappa shape index (κ1) is 20.5. The van der Waals surface area contributed by atoms with Crippen molar-refractivity contribution in [3.05, 3.63) is 65.1 Å². The number of ether oxygens (including phenoxy) is 2. The van der Waals surface area contributed by atoms with Gasteiger partial charge in [0.1, 0.15) is 16.9 Å². The highest BCUT2D eigenvalue weighted by Gasteiger charge is 2.13. The molecule has 2 N–H and O–H groups in total. The SMILES string of the molecule is COc1ccc(-n2ncc3c(=O)[nH]c(SCC(=O)Nc4cccc(OC)c4)nc32)cc1. The first-order chi connectivity index (χ1) is 15.1. The van der Waals surface area contributed by atoms with Gasteiger partial charge in [-0.2, -0.15) is 5.10 Å². The lowest BCUT2D eigenvalue weighted by molar-refractivity contribution is -0.113. The van der Waals surface area contributed by atoms with E-state index in [2.05, 4.69) is 20.4 Å². The summed E-state index contributed by atoms with van der Waals surface area (Å²) in [5.41, 5.74) is 1.45. The van der Waals surface area contributed by atoms with Crippen LogP contribution in [0.4, 0.5) is 5.69 Å². The van der Waals surface area contributed by atoms with Gasteiger partial charge in [-0.25, -0.2) is 9.67 Å². The van der Waals surface area contributed by atoms with Gasteiger partial charge in [-0.15, -0.1) is 0 Å². The lowest BCUT2D eigenvalue weighted by Gasteiger charge is -2.07. The summed E-state index contributed by atoms with van der Waals surface area (Å²) in [6, 6.07) is 14.3. The lowest BCUT2D eigenvalue weighted by Crippen LogP contribution is -2.15. The molecule has 4 rings (SSSR count). The number of aromatic amines is 1. The van der Waals surface area contributed by atoms with Crippen molar-refractivity contribution in [1.29, 1.82) is 0 Å². The summed E-state index contributed by atoms with van der Waals surface area (Å²) in [7, 11) is 3.15. The largest absolute Gasteiger partial charge is 0.497 e. The Morgan fingerprint density at radius 1 is 1.13 bits per heavy atom. The van der Waals surface area contributed by atoms with E-state index in [0.717, 1.165) is 17.4 Å². The number of nitrogens with one attached hydrogen (secondary N) is 2. The van der Waals surface area contributed by atoms with Crippen molar-refractivity contribution in [2.45, 2.75) is 5.16 Å². The molecule has 0 spiro atoms. The van der Waals surface area contributed by atoms with Crippen molar-refractivity contribution in [3.63, 3.8) is 0 Å². The molecule has 4 aromatic rings. The van der Waals surface area contributed by atoms with Gasteiger partial charge in [0.15, 0.2) is 10.8 Å². The van der Waals surface area contributed by atoms with Gasteiger partial charge >= 0.3 is 0 Å². The van der Waals surface area contributed by atoms with Gasteiger partial charge in [0, 0.05) is 11.8 Å². The third kappa shape index (κ3) is 4.53. The van der Waals surface area contributed by atoms with Gasteiger partial charge in [-0.3, -0.25) is 9.59 Å². The van der Waals surface area contributed by atoms with Crippen LogP contribution in [0.1, 0.15) is 0 Å². The van der Waals surface area contributed by atoms with Crippen molar-refractivity contribution in [2.75, 3.05) is 25.3 Å². The maximum Gasteiger partial charge on any atom is 0.262 e. The fraction of sp³-hybridized carbons (Fsp3) is 0.143. The molecule has 2 aromatic carbocycles. The van der Waals surface area contributed by atoms with E-state index in [1.54, 1.807) is 55.3 Å². The maximum absolute atomic E-state index is 12.5. The summed E-state index contributed by atoms with van der Waals surface area (Å²) in [4.78, 5) is 32.0. The number of thioether (sulfide) groups is 1. The van der Waals surface area contributed by atoms with Crippen LogP contribution >= 0.6 is 11.8 Å². The monoisotopic (exact) mass is 437 g/mol. The molecule has 0 radical (unpaired) electrons. The van der Waals surface area contributed by atoms with E-state index in [4.69, 9.17) is 9.47 Å². The van der Waals surface area contributed by atoms with Crippen molar-refractivity contribution in [2.24, 2.45) is 0 Å². The minimum absolute atomic E-state index is 0.0718. The summed E-state index contributed by atoms with van der Waals surface area (Å²) < 4.78 is 11.9. The zero-order chi connectivity index (χ0) is 21.8. The van der Waals surface area contributed by atoms with Crippen LogP contribution in [0.5, 0.6) is 11.5 Å². The van der Waals surface area contributed by atoms with Crippen LogP contribution in [0.15, 0.2) is 64.7 Å². The molecule has 2 heterocycles. The van der Waals surface area contributed by atoms with Crippen molar-refractivity contribution in [1.82, 2.24) is 19.7 Å². The molecule has 158 valence electrons. The van der Waals surface area contributed by atoms with E-state index in [1.165, 1.54) is 6.20 Å². The lowest BCUT2D eigenvalue weighted by atomic mass is 10.3. The Bertz CT molecular complexity index is 1280. The van der Waals surface area contributed by atoms with E-state index in [0.29, 0.717) is 33.4 Å². The Labute approximate surface area is 181 Å². The average molecular weight is 437 g/mol. The number of nitrogens with zero attached hydrogens (tertiary/aromatic N) is 3. The van der Waals surface area contributed by atoms with Gasteiger partial charge in [0.2, 0.25) is 5.91 Å². The number of carbonyl (C=O) groups excluding carboxylic acids is 1. The quantitative estimate of drug-likeness (QED) is 0.338. The van der Waals surface area contributed by atoms with E-state index < -0.39 is 0 Å². The molecular weight excluding hydrogens is 418 g/mol. The van der Waals surface area contributed by atoms with Gasteiger partial charge in [-0.05, 0) is 36.4 Å². The number of rotatable bonds is 7. The number of hydrogen-bond donors (Lipinski definition) is 2. The average Bonchev–Trinajstić information content (AvgIpc) is 3.22. The molecule has 0 aliphatic rings. The molecule has 0 atom stereocenters. The molecule has 9 nitrogen and oxygen atoms in total. The van der Waals surface area contributed by atoms with Crippen molar-refractivity contribution >= 4 is 34.4 Å². The van der Waals surface area contributed by atoms with Crippen LogP contribution in [0, 0.1) is 0 Å². The second-order valence-corrected chi connectivity index (χ2v) is 7.40. The van der Waals surface area contributed by atoms with E-state index in [1.807, 2.05) is 12.1 Å². The number of aromatic nitrogens is 4. The topological polar surface area (TPSA) is 111 Å². The third-order valence-electron chi connectivity index (χ3n) is 4.43. The Hall–Kier alpha value is -3.79. The Kier molecular flexibility index (Phi) is 5.89. The molecule has 10 heteroatoms. The number of carbonyl (C=O) groups is 1. The normalized spacial score (nSPS) is 10.8. The summed E-state index contributed by atoms with van der Waals surface area (Å²) in [5.74, 6) is 1.20. The zero-order valence-electron chi connectivity index (χ0n) is 16.8. The van der Waals surface area contributed by atoms with Crippen LogP contribution in [0.2, 0.25) is 0 Å². The summed E-state index contributed by atoms with van der Waals surface area (Å²) >= 11 is 1.13. The molecule has 0 fully saturated rings. The number of methoxy groups -OCH3 is 2. The third-order valence-corrected chi connectivity index (χ3v) is 5.30. The predicted octanol–water partition coefficient (Wildman–Crippen LogP) is 2.86. The highest BCUT2D eigenvalue weighted by Crippen LogP contribution is 2.21. The number of benzene rings is 2. The van der Waals surface area contributed by atoms with Crippen molar-refractivity contribution < 1.29 is 14.3 Å². The molecule has 0 saturated heterocycles. The first-order valence-electron chi connectivity index (χ1n) is 9.26. The zero-order valence-corrected chi connectivity index (χ0v) is 17.6. The minimum Gasteiger partial charge on any atom is -0.497 e. The molecule has 0 aliphatic heterocycles. The molecule has 0 saturated carbocycles. The first-order valence-corrected chi connectivity index (χ1v) is 10.2. The molecule has 0 aliphatic carbocycles. The molecular formula is C21H19N5O4S. The highest BCUT2D eigenvalue weighted by molar-refractivity contribution is 7.99. The van der Waals surface area contributed by atoms with Crippen LogP contribution in [-0.2, 0) is 4.79 Å². The molecule has 0 unspecified atom stereocenters. The fourth-order valence-electron chi connectivity index (χ4n) is 2.91. The van der Waals surface area contributed by atoms with Gasteiger partial charge in [0.25, 0.3) is 5.56 Å². The Balaban J connectivity index is 1.52. The maximum atomic E-state index is 12.5. The van der Waals surface area contributed by atoms with E-state index in [9.17, 15) is 9.59 Å². The van der Waals surface area contributed by atoms with Gasteiger partial charge in [0.05, 0.1) is 31.9 Å². The Morgan fingerprint density at radius 2 is 1.90 bits per heavy atom. The second kappa shape index (κ2) is 8.92. The van der Waals surface area contributed by atoms with E-state index in [-0.39, 0.29) is 17.2 Å². The molecule has 31 heavy (non-hydrogen) atoms. The van der Waals surface area contributed by atoms with Crippen LogP contribution in [-0.4, -0.2) is 45.6 Å². The summed E-state index contributed by atoms with van der Waals surface area (Å²) in [5, 5.41) is 7.77. The molecule has 2 aromatic heterocycles. The number of anilines is 1. The predicted molar refractivity (Wildman–Crippen MR) is 118 cm³/mol. The number of fused-ring (bicyclic) bond motifs is 1. The van der Waals surface area contributed by atoms with Crippen LogP contribution in [0.3, 0.4) is 0 Å². The standard InChI is InChI=1S/C21H19N5O4S/c1-29-15-8-6-14(7-9-15)26-19-17(11-22-26)20(28)25-21(24-19)31-12-18(27)23-13-4-3-5-16(10-13)30-2/h3-11H,12H2,1-2H3,(H,23,27)(H,24,25,28). The number of amides is 1.